The Labute approximate surface area is 116 Å². The average Bonchev–Trinajstić information content (AvgIpc) is 2.38. The van der Waals surface area contributed by atoms with Crippen molar-refractivity contribution in [3.05, 3.63) is 53.3 Å². The number of nitrogens with one attached hydrogen (secondary N) is 1. The number of sulfonamides is 1. The molecule has 19 heavy (non-hydrogen) atoms. The number of nitrogens with zero attached hydrogens (tertiary/aromatic N) is 1. The summed E-state index contributed by atoms with van der Waals surface area (Å²) in [6.45, 7) is 0.161. The molecule has 0 spiro atoms. The number of hydrogen-bond acceptors (Lipinski definition) is 4. The molecular weight excluding hydrogens is 286 g/mol. The van der Waals surface area contributed by atoms with Crippen molar-refractivity contribution in [3.8, 4) is 0 Å². The Bertz CT molecular complexity index is 672. The van der Waals surface area contributed by atoms with Gasteiger partial charge in [0, 0.05) is 24.0 Å². The molecule has 0 fully saturated rings. The summed E-state index contributed by atoms with van der Waals surface area (Å²) in [5.74, 6) is 0. The molecule has 0 saturated carbocycles. The molecule has 0 bridgehead atoms. The van der Waals surface area contributed by atoms with Gasteiger partial charge in [-0.15, -0.1) is 0 Å². The Morgan fingerprint density at radius 2 is 1.89 bits per heavy atom. The maximum atomic E-state index is 12.0. The third-order valence-corrected chi connectivity index (χ3v) is 4.18. The van der Waals surface area contributed by atoms with Crippen LogP contribution in [0.2, 0.25) is 5.02 Å². The number of aromatic nitrogens is 1. The molecule has 2 rings (SSSR count). The molecule has 5 nitrogen and oxygen atoms in total. The number of hydrogen-bond donors (Lipinski definition) is 2. The van der Waals surface area contributed by atoms with Gasteiger partial charge in [0.15, 0.2) is 0 Å². The minimum absolute atomic E-state index is 0.0241. The molecule has 0 atom stereocenters. The van der Waals surface area contributed by atoms with Gasteiger partial charge in [0.05, 0.1) is 5.69 Å². The maximum Gasteiger partial charge on any atom is 0.244 e. The number of rotatable bonds is 4. The molecule has 0 amide bonds. The van der Waals surface area contributed by atoms with Gasteiger partial charge in [-0.05, 0) is 23.8 Å². The second-order valence-electron chi connectivity index (χ2n) is 3.86. The van der Waals surface area contributed by atoms with Crippen LogP contribution < -0.4 is 10.5 Å². The molecule has 2 aromatic rings. The molecule has 1 aromatic heterocycles. The summed E-state index contributed by atoms with van der Waals surface area (Å²) in [5.41, 5.74) is 6.59. The molecule has 3 N–H and O–H groups in total. The quantitative estimate of drug-likeness (QED) is 0.901. The van der Waals surface area contributed by atoms with Crippen LogP contribution in [0.5, 0.6) is 0 Å². The summed E-state index contributed by atoms with van der Waals surface area (Å²) in [4.78, 5) is 3.74. The van der Waals surface area contributed by atoms with Crippen LogP contribution in [0.1, 0.15) is 5.56 Å². The number of nitrogens with two attached hydrogens (primary N) is 1. The van der Waals surface area contributed by atoms with Gasteiger partial charge in [-0.1, -0.05) is 23.7 Å². The van der Waals surface area contributed by atoms with Gasteiger partial charge in [-0.25, -0.2) is 13.1 Å². The Kier molecular flexibility index (Phi) is 4.04. The van der Waals surface area contributed by atoms with E-state index in [1.807, 2.05) is 0 Å². The third-order valence-electron chi connectivity index (χ3n) is 2.49. The molecule has 1 aromatic carbocycles. The van der Waals surface area contributed by atoms with Gasteiger partial charge in [0.2, 0.25) is 10.0 Å². The molecule has 100 valence electrons. The number of pyridine rings is 1. The van der Waals surface area contributed by atoms with Crippen molar-refractivity contribution in [1.29, 1.82) is 0 Å². The van der Waals surface area contributed by atoms with E-state index in [1.165, 1.54) is 18.5 Å². The molecular formula is C12H12ClN3O2S. The predicted octanol–water partition coefficient (Wildman–Crippen LogP) is 1.80. The molecule has 0 saturated heterocycles. The molecule has 0 aliphatic rings. The lowest BCUT2D eigenvalue weighted by molar-refractivity contribution is 0.581. The fraction of sp³-hybridized carbons (Fsp3) is 0.0833. The smallest absolute Gasteiger partial charge is 0.244 e. The standard InChI is InChI=1S/C12H12ClN3O2S/c13-10-3-1-9(2-4-10)7-16-19(17,18)12-8-15-6-5-11(12)14/h1-6,8,16H,7H2,(H2,14,15). The second kappa shape index (κ2) is 5.56. The van der Waals surface area contributed by atoms with Crippen molar-refractivity contribution in [3.63, 3.8) is 0 Å². The Hall–Kier alpha value is -1.63. The Morgan fingerprint density at radius 1 is 1.21 bits per heavy atom. The zero-order valence-electron chi connectivity index (χ0n) is 9.88. The summed E-state index contributed by atoms with van der Waals surface area (Å²) in [7, 11) is -3.67. The van der Waals surface area contributed by atoms with E-state index < -0.39 is 10.0 Å². The first-order valence-electron chi connectivity index (χ1n) is 5.42. The first-order chi connectivity index (χ1) is 8.99. The first kappa shape index (κ1) is 13.8. The molecule has 1 heterocycles. The largest absolute Gasteiger partial charge is 0.398 e. The molecule has 7 heteroatoms. The molecule has 0 aliphatic carbocycles. The van der Waals surface area contributed by atoms with E-state index in [-0.39, 0.29) is 17.1 Å². The van der Waals surface area contributed by atoms with Gasteiger partial charge < -0.3 is 5.73 Å². The van der Waals surface area contributed by atoms with E-state index in [9.17, 15) is 8.42 Å². The van der Waals surface area contributed by atoms with Crippen LogP contribution in [-0.2, 0) is 16.6 Å². The van der Waals surface area contributed by atoms with Crippen molar-refractivity contribution in [1.82, 2.24) is 9.71 Å². The van der Waals surface area contributed by atoms with Crippen LogP contribution in [-0.4, -0.2) is 13.4 Å². The van der Waals surface area contributed by atoms with Crippen molar-refractivity contribution < 1.29 is 8.42 Å². The van der Waals surface area contributed by atoms with E-state index in [0.29, 0.717) is 5.02 Å². The highest BCUT2D eigenvalue weighted by Crippen LogP contribution is 2.16. The van der Waals surface area contributed by atoms with Gasteiger partial charge >= 0.3 is 0 Å². The summed E-state index contributed by atoms with van der Waals surface area (Å²) >= 11 is 5.75. The van der Waals surface area contributed by atoms with E-state index in [2.05, 4.69) is 9.71 Å². The zero-order chi connectivity index (χ0) is 13.9. The van der Waals surface area contributed by atoms with E-state index in [0.717, 1.165) is 5.56 Å². The molecule has 0 radical (unpaired) electrons. The van der Waals surface area contributed by atoms with Crippen LogP contribution in [0.4, 0.5) is 5.69 Å². The third kappa shape index (κ3) is 3.44. The van der Waals surface area contributed by atoms with E-state index >= 15 is 0 Å². The van der Waals surface area contributed by atoms with Gasteiger partial charge in [0.25, 0.3) is 0 Å². The zero-order valence-corrected chi connectivity index (χ0v) is 11.4. The predicted molar refractivity (Wildman–Crippen MR) is 74.1 cm³/mol. The summed E-state index contributed by atoms with van der Waals surface area (Å²) < 4.78 is 26.5. The molecule has 0 aliphatic heterocycles. The number of benzene rings is 1. The monoisotopic (exact) mass is 297 g/mol. The normalized spacial score (nSPS) is 11.4. The lowest BCUT2D eigenvalue weighted by Crippen LogP contribution is -2.24. The van der Waals surface area contributed by atoms with Gasteiger partial charge in [0.1, 0.15) is 4.90 Å². The fourth-order valence-corrected chi connectivity index (χ4v) is 2.69. The topological polar surface area (TPSA) is 85.1 Å². The first-order valence-corrected chi connectivity index (χ1v) is 7.29. The highest BCUT2D eigenvalue weighted by atomic mass is 35.5. The van der Waals surface area contributed by atoms with Crippen LogP contribution in [0, 0.1) is 0 Å². The van der Waals surface area contributed by atoms with E-state index in [1.54, 1.807) is 24.3 Å². The maximum absolute atomic E-state index is 12.0. The SMILES string of the molecule is Nc1ccncc1S(=O)(=O)NCc1ccc(Cl)cc1. The number of nitrogen functional groups attached to an aromatic ring is 1. The lowest BCUT2D eigenvalue weighted by Gasteiger charge is -2.08. The molecule has 0 unspecified atom stereocenters. The minimum atomic E-state index is -3.67. The second-order valence-corrected chi connectivity index (χ2v) is 6.04. The summed E-state index contributed by atoms with van der Waals surface area (Å²) in [6, 6.07) is 8.33. The number of halogens is 1. The van der Waals surface area contributed by atoms with Crippen molar-refractivity contribution in [2.75, 3.05) is 5.73 Å². The van der Waals surface area contributed by atoms with Gasteiger partial charge in [-0.3, -0.25) is 4.98 Å². The number of anilines is 1. The van der Waals surface area contributed by atoms with Crippen LogP contribution in [0.15, 0.2) is 47.6 Å². The lowest BCUT2D eigenvalue weighted by atomic mass is 10.2. The van der Waals surface area contributed by atoms with Crippen LogP contribution >= 0.6 is 11.6 Å². The highest BCUT2D eigenvalue weighted by Gasteiger charge is 2.16. The Balaban J connectivity index is 2.14. The highest BCUT2D eigenvalue weighted by molar-refractivity contribution is 7.89. The Morgan fingerprint density at radius 3 is 2.53 bits per heavy atom. The van der Waals surface area contributed by atoms with Crippen molar-refractivity contribution in [2.24, 2.45) is 0 Å². The van der Waals surface area contributed by atoms with Crippen LogP contribution in [0.25, 0.3) is 0 Å². The van der Waals surface area contributed by atoms with E-state index in [4.69, 9.17) is 17.3 Å². The average molecular weight is 298 g/mol. The minimum Gasteiger partial charge on any atom is -0.398 e. The van der Waals surface area contributed by atoms with Crippen LogP contribution in [0.3, 0.4) is 0 Å². The summed E-state index contributed by atoms with van der Waals surface area (Å²) in [5, 5.41) is 0.600. The van der Waals surface area contributed by atoms with Crippen molar-refractivity contribution in [2.45, 2.75) is 11.4 Å². The fourth-order valence-electron chi connectivity index (χ4n) is 1.47. The van der Waals surface area contributed by atoms with Gasteiger partial charge in [-0.2, -0.15) is 0 Å². The summed E-state index contributed by atoms with van der Waals surface area (Å²) in [6.07, 6.45) is 2.66. The van der Waals surface area contributed by atoms with Crippen molar-refractivity contribution >= 4 is 27.3 Å².